The summed E-state index contributed by atoms with van der Waals surface area (Å²) in [6.07, 6.45) is -8.29. The summed E-state index contributed by atoms with van der Waals surface area (Å²) in [6, 6.07) is 0.471. The number of aliphatic hydroxyl groups excluding tert-OH is 1. The fourth-order valence-electron chi connectivity index (χ4n) is 2.81. The number of Topliss-reactive ketones (excluding diaryl/α,β-unsaturated/α-hetero) is 3. The van der Waals surface area contributed by atoms with Gasteiger partial charge in [-0.25, -0.2) is 0 Å². The first-order valence-electron chi connectivity index (χ1n) is 8.66. The predicted molar refractivity (Wildman–Crippen MR) is 96.5 cm³/mol. The summed E-state index contributed by atoms with van der Waals surface area (Å²) in [7, 11) is -1.70. The van der Waals surface area contributed by atoms with Gasteiger partial charge in [-0.15, -0.1) is 0 Å². The van der Waals surface area contributed by atoms with Crippen LogP contribution < -0.4 is 0 Å². The van der Waals surface area contributed by atoms with Crippen LogP contribution in [0.5, 0.6) is 0 Å². The van der Waals surface area contributed by atoms with E-state index in [-0.39, 0.29) is 19.2 Å². The Morgan fingerprint density at radius 3 is 2.10 bits per heavy atom. The number of carbonyl (C=O) groups excluding carboxylic acids is 6. The molecule has 3 N–H and O–H groups in total. The lowest BCUT2D eigenvalue weighted by Crippen LogP contribution is -2.75. The molecule has 0 amide bonds. The van der Waals surface area contributed by atoms with E-state index in [2.05, 4.69) is 0 Å². The van der Waals surface area contributed by atoms with Crippen LogP contribution in [0.15, 0.2) is 0 Å². The summed E-state index contributed by atoms with van der Waals surface area (Å²) < 4.78 is 10.5. The average Bonchev–Trinajstić information content (AvgIpc) is 2.67. The van der Waals surface area contributed by atoms with Crippen molar-refractivity contribution in [3.05, 3.63) is 0 Å². The van der Waals surface area contributed by atoms with E-state index in [1.54, 1.807) is 0 Å². The Bertz CT molecular complexity index is 700. The lowest BCUT2D eigenvalue weighted by molar-refractivity contribution is -0.324. The van der Waals surface area contributed by atoms with Crippen molar-refractivity contribution in [1.82, 2.24) is 0 Å². The molecule has 1 saturated heterocycles. The molecule has 0 aromatic rings. The van der Waals surface area contributed by atoms with Crippen LogP contribution in [0.3, 0.4) is 0 Å². The third-order valence-corrected chi connectivity index (χ3v) is 6.35. The summed E-state index contributed by atoms with van der Waals surface area (Å²) in [4.78, 5) is 68.6. The molecule has 1 rings (SSSR count). The Morgan fingerprint density at radius 1 is 1.10 bits per heavy atom. The maximum absolute atomic E-state index is 12.2. The maximum Gasteiger partial charge on any atom is 0.235 e. The molecule has 12 heteroatoms. The highest BCUT2D eigenvalue weighted by Crippen LogP contribution is 2.40. The largest absolute Gasteiger partial charge is 0.382 e. The van der Waals surface area contributed by atoms with Crippen molar-refractivity contribution < 1.29 is 53.6 Å². The zero-order chi connectivity index (χ0) is 22.6. The van der Waals surface area contributed by atoms with E-state index < -0.39 is 67.8 Å². The zero-order valence-corrected chi connectivity index (χ0v) is 17.2. The van der Waals surface area contributed by atoms with Crippen LogP contribution in [-0.4, -0.2) is 95.9 Å². The molecule has 1 fully saturated rings. The van der Waals surface area contributed by atoms with Crippen molar-refractivity contribution in [1.29, 1.82) is 0 Å². The van der Waals surface area contributed by atoms with Crippen molar-refractivity contribution in [3.63, 3.8) is 0 Å². The quantitative estimate of drug-likeness (QED) is 0.179. The normalized spacial score (nSPS) is 30.8. The molecular weight excluding hydrogens is 408 g/mol. The van der Waals surface area contributed by atoms with E-state index >= 15 is 0 Å². The Labute approximate surface area is 167 Å². The van der Waals surface area contributed by atoms with E-state index in [0.29, 0.717) is 6.04 Å². The fourth-order valence-corrected chi connectivity index (χ4v) is 3.54. The van der Waals surface area contributed by atoms with Gasteiger partial charge in [-0.2, -0.15) is 0 Å². The molecule has 1 aliphatic heterocycles. The third kappa shape index (κ3) is 4.97. The van der Waals surface area contributed by atoms with Crippen LogP contribution in [0, 0.1) is 0 Å². The van der Waals surface area contributed by atoms with Gasteiger partial charge in [0.1, 0.15) is 6.10 Å². The maximum atomic E-state index is 12.2. The first kappa shape index (κ1) is 25.1. The van der Waals surface area contributed by atoms with E-state index in [1.165, 1.54) is 0 Å². The predicted octanol–water partition coefficient (Wildman–Crippen LogP) is -2.42. The van der Waals surface area contributed by atoms with E-state index in [1.807, 2.05) is 19.6 Å². The Balaban J connectivity index is 3.45. The molecule has 1 unspecified atom stereocenters. The number of carbonyl (C=O) groups is 6. The minimum absolute atomic E-state index is 0.134. The van der Waals surface area contributed by atoms with Crippen LogP contribution >= 0.6 is 0 Å². The Hall–Kier alpha value is -1.96. The molecule has 1 heterocycles. The third-order valence-electron chi connectivity index (χ3n) is 4.65. The van der Waals surface area contributed by atoms with Gasteiger partial charge < -0.3 is 24.8 Å². The van der Waals surface area contributed by atoms with Crippen molar-refractivity contribution in [2.24, 2.45) is 0 Å². The Kier molecular flexibility index (Phi) is 7.99. The number of hydrogen-bond donors (Lipinski definition) is 3. The van der Waals surface area contributed by atoms with Crippen molar-refractivity contribution in [2.75, 3.05) is 6.61 Å². The number of aldehydes is 3. The molecule has 5 atom stereocenters. The molecular formula is C17H24O11Si. The molecule has 162 valence electrons. The van der Waals surface area contributed by atoms with Crippen LogP contribution in [0.25, 0.3) is 0 Å². The van der Waals surface area contributed by atoms with Gasteiger partial charge in [-0.3, -0.25) is 28.8 Å². The van der Waals surface area contributed by atoms with Crippen LogP contribution in [0.2, 0.25) is 25.7 Å². The topological polar surface area (TPSA) is 182 Å². The molecule has 0 saturated carbocycles. The molecule has 0 radical (unpaired) electrons. The second-order valence-corrected chi connectivity index (χ2v) is 13.6. The van der Waals surface area contributed by atoms with Crippen LogP contribution in [0.4, 0.5) is 0 Å². The van der Waals surface area contributed by atoms with Crippen LogP contribution in [-0.2, 0) is 38.2 Å². The van der Waals surface area contributed by atoms with Gasteiger partial charge in [0.15, 0.2) is 30.7 Å². The van der Waals surface area contributed by atoms with Gasteiger partial charge in [0.25, 0.3) is 0 Å². The molecule has 0 aliphatic carbocycles. The van der Waals surface area contributed by atoms with Crippen molar-refractivity contribution in [2.45, 2.75) is 61.8 Å². The lowest BCUT2D eigenvalue weighted by Gasteiger charge is -2.49. The zero-order valence-electron chi connectivity index (χ0n) is 16.2. The number of hydrogen-bond acceptors (Lipinski definition) is 11. The standard InChI is InChI=1S/C17H24O11Si/c1-29(2,3)5-4-27-15-17(26,13(23)9-20)16(25,12(22)8-19)6-11(28-15)14(24)10(21)7-18/h7-9,11,14-15,24-26H,4-6H2,1-3H3/t11-,14?,15-,16+,17-/m0/s1. The average molecular weight is 432 g/mol. The number of ketones is 3. The van der Waals surface area contributed by atoms with E-state index in [9.17, 15) is 44.1 Å². The second-order valence-electron chi connectivity index (χ2n) is 7.95. The van der Waals surface area contributed by atoms with Crippen molar-refractivity contribution in [3.8, 4) is 0 Å². The van der Waals surface area contributed by atoms with Gasteiger partial charge >= 0.3 is 0 Å². The highest BCUT2D eigenvalue weighted by molar-refractivity contribution is 6.76. The highest BCUT2D eigenvalue weighted by Gasteiger charge is 2.69. The highest BCUT2D eigenvalue weighted by atomic mass is 28.3. The molecule has 0 spiro atoms. The van der Waals surface area contributed by atoms with E-state index in [4.69, 9.17) is 9.47 Å². The summed E-state index contributed by atoms with van der Waals surface area (Å²) in [5.74, 6) is -4.78. The molecule has 0 aromatic heterocycles. The van der Waals surface area contributed by atoms with Gasteiger partial charge in [0.2, 0.25) is 23.0 Å². The summed E-state index contributed by atoms with van der Waals surface area (Å²) in [5, 5.41) is 31.6. The second kappa shape index (κ2) is 9.24. The van der Waals surface area contributed by atoms with Gasteiger partial charge in [0, 0.05) is 21.1 Å². The Morgan fingerprint density at radius 2 is 1.66 bits per heavy atom. The lowest BCUT2D eigenvalue weighted by atomic mass is 9.70. The molecule has 0 aromatic carbocycles. The van der Waals surface area contributed by atoms with Gasteiger partial charge in [0.05, 0.1) is 6.10 Å². The SMILES string of the molecule is C[Si](C)(C)CCO[C@H]1O[C@H](C(O)C(=O)C=O)C[C@@](O)(C(=O)C=O)[C@]1(O)C(=O)C=O. The molecule has 0 bridgehead atoms. The smallest absolute Gasteiger partial charge is 0.235 e. The summed E-state index contributed by atoms with van der Waals surface area (Å²) in [6.45, 7) is 5.79. The monoisotopic (exact) mass is 432 g/mol. The first-order chi connectivity index (χ1) is 13.3. The number of ether oxygens (including phenoxy) is 2. The number of aliphatic hydroxyl groups is 3. The minimum atomic E-state index is -3.31. The molecule has 11 nitrogen and oxygen atoms in total. The fraction of sp³-hybridized carbons (Fsp3) is 0.647. The van der Waals surface area contributed by atoms with Gasteiger partial charge in [-0.1, -0.05) is 19.6 Å². The van der Waals surface area contributed by atoms with Crippen molar-refractivity contribution >= 4 is 44.3 Å². The molecule has 29 heavy (non-hydrogen) atoms. The minimum Gasteiger partial charge on any atom is -0.382 e. The number of rotatable bonds is 11. The van der Waals surface area contributed by atoms with E-state index in [0.717, 1.165) is 0 Å². The van der Waals surface area contributed by atoms with Gasteiger partial charge in [-0.05, 0) is 6.04 Å². The summed E-state index contributed by atoms with van der Waals surface area (Å²) >= 11 is 0. The van der Waals surface area contributed by atoms with Crippen LogP contribution in [0.1, 0.15) is 6.42 Å². The summed E-state index contributed by atoms with van der Waals surface area (Å²) in [5.41, 5.74) is -6.56. The molecule has 1 aliphatic rings. The first-order valence-corrected chi connectivity index (χ1v) is 12.4.